The number of hydrogen-bond acceptors (Lipinski definition) is 2. The predicted molar refractivity (Wildman–Crippen MR) is 54.2 cm³/mol. The van der Waals surface area contributed by atoms with Crippen LogP contribution >= 0.6 is 0 Å². The summed E-state index contributed by atoms with van der Waals surface area (Å²) >= 11 is 0. The Morgan fingerprint density at radius 2 is 1.80 bits per heavy atom. The molecule has 1 aliphatic heterocycles. The lowest BCUT2D eigenvalue weighted by Crippen LogP contribution is -2.47. The van der Waals surface area contributed by atoms with Gasteiger partial charge >= 0.3 is 6.03 Å². The maximum atomic E-state index is 12.2. The zero-order valence-electron chi connectivity index (χ0n) is 8.79. The largest absolute Gasteiger partial charge is 0.325 e. The molecule has 3 fully saturated rings. The number of amides is 3. The molecule has 3 rings (SSSR count). The Labute approximate surface area is 89.0 Å². The molecule has 2 aliphatic carbocycles. The quantitative estimate of drug-likeness (QED) is 0.662. The van der Waals surface area contributed by atoms with E-state index in [0.717, 1.165) is 44.9 Å². The molecule has 15 heavy (non-hydrogen) atoms. The van der Waals surface area contributed by atoms with Crippen LogP contribution in [-0.4, -0.2) is 28.4 Å². The molecule has 2 saturated carbocycles. The van der Waals surface area contributed by atoms with E-state index in [2.05, 4.69) is 5.32 Å². The first kappa shape index (κ1) is 9.19. The van der Waals surface area contributed by atoms with Crippen LogP contribution < -0.4 is 5.32 Å². The fourth-order valence-corrected chi connectivity index (χ4v) is 2.94. The van der Waals surface area contributed by atoms with Gasteiger partial charge in [-0.25, -0.2) is 4.79 Å². The summed E-state index contributed by atoms with van der Waals surface area (Å²) in [6.45, 7) is 0. The molecule has 3 amide bonds. The van der Waals surface area contributed by atoms with E-state index >= 15 is 0 Å². The highest BCUT2D eigenvalue weighted by molar-refractivity contribution is 6.07. The zero-order chi connectivity index (χ0) is 10.5. The van der Waals surface area contributed by atoms with Gasteiger partial charge in [0.15, 0.2) is 0 Å². The van der Waals surface area contributed by atoms with Gasteiger partial charge in [0.05, 0.1) is 0 Å². The lowest BCUT2D eigenvalue weighted by Gasteiger charge is -2.33. The van der Waals surface area contributed by atoms with Gasteiger partial charge < -0.3 is 5.32 Å². The van der Waals surface area contributed by atoms with Gasteiger partial charge in [-0.1, -0.05) is 12.8 Å². The summed E-state index contributed by atoms with van der Waals surface area (Å²) in [4.78, 5) is 25.5. The standard InChI is InChI=1S/C11H16N2O2/c14-9-11(6-1-2-7-11)12-10(15)13(9)8-4-3-5-8/h8H,1-7H2,(H,12,15). The van der Waals surface area contributed by atoms with Crippen molar-refractivity contribution in [3.8, 4) is 0 Å². The van der Waals surface area contributed by atoms with Crippen LogP contribution in [0.2, 0.25) is 0 Å². The first-order valence-electron chi connectivity index (χ1n) is 5.89. The molecule has 0 bridgehead atoms. The molecule has 1 heterocycles. The first-order valence-corrected chi connectivity index (χ1v) is 5.89. The maximum Gasteiger partial charge on any atom is 0.325 e. The van der Waals surface area contributed by atoms with E-state index in [0.29, 0.717) is 0 Å². The lowest BCUT2D eigenvalue weighted by atomic mass is 9.90. The van der Waals surface area contributed by atoms with Gasteiger partial charge in [0.2, 0.25) is 0 Å². The maximum absolute atomic E-state index is 12.2. The van der Waals surface area contributed by atoms with Gasteiger partial charge in [-0.05, 0) is 32.1 Å². The van der Waals surface area contributed by atoms with Crippen LogP contribution in [-0.2, 0) is 4.79 Å². The molecule has 4 heteroatoms. The number of carbonyl (C=O) groups excluding carboxylic acids is 2. The Balaban J connectivity index is 1.86. The zero-order valence-corrected chi connectivity index (χ0v) is 8.79. The second-order valence-electron chi connectivity index (χ2n) is 4.98. The van der Waals surface area contributed by atoms with Crippen molar-refractivity contribution in [1.29, 1.82) is 0 Å². The molecule has 0 radical (unpaired) electrons. The van der Waals surface area contributed by atoms with Crippen LogP contribution in [0.4, 0.5) is 4.79 Å². The lowest BCUT2D eigenvalue weighted by molar-refractivity contribution is -0.133. The van der Waals surface area contributed by atoms with Gasteiger partial charge in [0.1, 0.15) is 5.54 Å². The number of carbonyl (C=O) groups is 2. The third-order valence-corrected chi connectivity index (χ3v) is 4.09. The van der Waals surface area contributed by atoms with E-state index in [1.54, 1.807) is 0 Å². The molecule has 82 valence electrons. The van der Waals surface area contributed by atoms with Crippen LogP contribution in [0.25, 0.3) is 0 Å². The van der Waals surface area contributed by atoms with E-state index in [1.165, 1.54) is 4.90 Å². The van der Waals surface area contributed by atoms with Crippen molar-refractivity contribution < 1.29 is 9.59 Å². The number of rotatable bonds is 1. The summed E-state index contributed by atoms with van der Waals surface area (Å²) in [5.74, 6) is 0.0506. The van der Waals surface area contributed by atoms with Crippen LogP contribution in [0.5, 0.6) is 0 Å². The fourth-order valence-electron chi connectivity index (χ4n) is 2.94. The summed E-state index contributed by atoms with van der Waals surface area (Å²) in [6.07, 6.45) is 6.93. The monoisotopic (exact) mass is 208 g/mol. The molecule has 0 unspecified atom stereocenters. The number of nitrogens with one attached hydrogen (secondary N) is 1. The highest BCUT2D eigenvalue weighted by Gasteiger charge is 2.54. The summed E-state index contributed by atoms with van der Waals surface area (Å²) in [5, 5.41) is 2.92. The number of nitrogens with zero attached hydrogens (tertiary/aromatic N) is 1. The molecule has 3 aliphatic rings. The van der Waals surface area contributed by atoms with E-state index in [1.807, 2.05) is 0 Å². The van der Waals surface area contributed by atoms with Crippen molar-refractivity contribution in [3.63, 3.8) is 0 Å². The van der Waals surface area contributed by atoms with Crippen LogP contribution in [0, 0.1) is 0 Å². The summed E-state index contributed by atoms with van der Waals surface area (Å²) in [6, 6.07) is 0.0454. The molecule has 4 nitrogen and oxygen atoms in total. The number of hydrogen-bond donors (Lipinski definition) is 1. The smallest absolute Gasteiger partial charge is 0.323 e. The van der Waals surface area contributed by atoms with Gasteiger partial charge in [0, 0.05) is 6.04 Å². The van der Waals surface area contributed by atoms with E-state index in [9.17, 15) is 9.59 Å². The third kappa shape index (κ3) is 1.13. The van der Waals surface area contributed by atoms with Gasteiger partial charge in [0.25, 0.3) is 5.91 Å². The van der Waals surface area contributed by atoms with Crippen LogP contribution in [0.15, 0.2) is 0 Å². The highest BCUT2D eigenvalue weighted by atomic mass is 16.2. The van der Waals surface area contributed by atoms with E-state index in [4.69, 9.17) is 0 Å². The third-order valence-electron chi connectivity index (χ3n) is 4.09. The Hall–Kier alpha value is -1.06. The van der Waals surface area contributed by atoms with Crippen LogP contribution in [0.3, 0.4) is 0 Å². The SMILES string of the molecule is O=C1NC2(CCCC2)C(=O)N1C1CCC1. The van der Waals surface area contributed by atoms with Crippen molar-refractivity contribution in [2.24, 2.45) is 0 Å². The fraction of sp³-hybridized carbons (Fsp3) is 0.818. The number of urea groups is 1. The average molecular weight is 208 g/mol. The van der Waals surface area contributed by atoms with E-state index < -0.39 is 5.54 Å². The van der Waals surface area contributed by atoms with Crippen molar-refractivity contribution >= 4 is 11.9 Å². The second-order valence-corrected chi connectivity index (χ2v) is 4.98. The first-order chi connectivity index (χ1) is 7.23. The molecule has 0 aromatic carbocycles. The normalized spacial score (nSPS) is 29.7. The molecule has 0 aromatic rings. The van der Waals surface area contributed by atoms with Crippen molar-refractivity contribution in [2.75, 3.05) is 0 Å². The molecule has 1 saturated heterocycles. The molecular formula is C11H16N2O2. The van der Waals surface area contributed by atoms with Crippen LogP contribution in [0.1, 0.15) is 44.9 Å². The summed E-state index contributed by atoms with van der Waals surface area (Å²) in [5.41, 5.74) is -0.507. The minimum Gasteiger partial charge on any atom is -0.323 e. The van der Waals surface area contributed by atoms with E-state index in [-0.39, 0.29) is 18.0 Å². The van der Waals surface area contributed by atoms with Gasteiger partial charge in [-0.3, -0.25) is 9.69 Å². The topological polar surface area (TPSA) is 49.4 Å². The molecule has 1 N–H and O–H groups in total. The number of imide groups is 1. The van der Waals surface area contributed by atoms with Crippen molar-refractivity contribution in [1.82, 2.24) is 10.2 Å². The van der Waals surface area contributed by atoms with Crippen molar-refractivity contribution in [2.45, 2.75) is 56.5 Å². The summed E-state index contributed by atoms with van der Waals surface area (Å²) in [7, 11) is 0. The Morgan fingerprint density at radius 3 is 2.33 bits per heavy atom. The van der Waals surface area contributed by atoms with Gasteiger partial charge in [-0.2, -0.15) is 0 Å². The van der Waals surface area contributed by atoms with Gasteiger partial charge in [-0.15, -0.1) is 0 Å². The predicted octanol–water partition coefficient (Wildman–Crippen LogP) is 1.40. The van der Waals surface area contributed by atoms with Crippen molar-refractivity contribution in [3.05, 3.63) is 0 Å². The minimum absolute atomic E-state index is 0.0506. The Bertz CT molecular complexity index is 317. The highest BCUT2D eigenvalue weighted by Crippen LogP contribution is 2.38. The molecule has 1 spiro atoms. The minimum atomic E-state index is -0.507. The molecule has 0 aromatic heterocycles. The molecule has 0 atom stereocenters. The Morgan fingerprint density at radius 1 is 1.13 bits per heavy atom. The average Bonchev–Trinajstić information content (AvgIpc) is 2.66. The Kier molecular flexibility index (Phi) is 1.82. The second kappa shape index (κ2) is 2.97. The summed E-state index contributed by atoms with van der Waals surface area (Å²) < 4.78 is 0. The molecular weight excluding hydrogens is 192 g/mol.